The molecular formula is C10H11FN2O. The van der Waals surface area contributed by atoms with E-state index in [2.05, 4.69) is 10.6 Å². The number of halogens is 1. The number of amides is 2. The first-order valence-electron chi connectivity index (χ1n) is 4.53. The summed E-state index contributed by atoms with van der Waals surface area (Å²) in [6.07, 6.45) is 0.533. The molecule has 0 aromatic heterocycles. The number of carbonyl (C=O) groups excluding carboxylic acids is 1. The molecule has 2 amide bonds. The number of nitrogens with one attached hydrogen (secondary N) is 2. The molecule has 1 aromatic carbocycles. The van der Waals surface area contributed by atoms with E-state index in [1.165, 1.54) is 6.07 Å². The van der Waals surface area contributed by atoms with E-state index < -0.39 is 0 Å². The zero-order valence-electron chi connectivity index (χ0n) is 7.59. The summed E-state index contributed by atoms with van der Waals surface area (Å²) < 4.78 is 13.2. The second-order valence-electron chi connectivity index (χ2n) is 3.35. The first-order valence-corrected chi connectivity index (χ1v) is 4.53. The van der Waals surface area contributed by atoms with Crippen LogP contribution in [-0.4, -0.2) is 18.6 Å². The molecule has 1 atom stereocenters. The van der Waals surface area contributed by atoms with Gasteiger partial charge in [-0.2, -0.15) is 0 Å². The molecule has 1 unspecified atom stereocenters. The molecule has 2 rings (SSSR count). The van der Waals surface area contributed by atoms with E-state index in [0.29, 0.717) is 18.5 Å². The van der Waals surface area contributed by atoms with Crippen LogP contribution >= 0.6 is 0 Å². The van der Waals surface area contributed by atoms with Crippen molar-refractivity contribution in [2.75, 3.05) is 6.54 Å². The van der Waals surface area contributed by atoms with Gasteiger partial charge < -0.3 is 10.6 Å². The zero-order chi connectivity index (χ0) is 9.97. The van der Waals surface area contributed by atoms with Gasteiger partial charge in [-0.1, -0.05) is 18.2 Å². The lowest BCUT2D eigenvalue weighted by Gasteiger charge is -2.08. The third kappa shape index (κ3) is 1.84. The number of hydrogen-bond acceptors (Lipinski definition) is 1. The predicted molar refractivity (Wildman–Crippen MR) is 50.4 cm³/mol. The Labute approximate surface area is 81.3 Å². The quantitative estimate of drug-likeness (QED) is 0.726. The second kappa shape index (κ2) is 3.65. The summed E-state index contributed by atoms with van der Waals surface area (Å²) in [5, 5.41) is 5.35. The molecular weight excluding hydrogens is 183 g/mol. The Morgan fingerprint density at radius 2 is 2.21 bits per heavy atom. The predicted octanol–water partition coefficient (Wildman–Crippen LogP) is 1.05. The fraction of sp³-hybridized carbons (Fsp3) is 0.300. The van der Waals surface area contributed by atoms with Gasteiger partial charge in [-0.05, 0) is 18.1 Å². The summed E-state index contributed by atoms with van der Waals surface area (Å²) in [5.74, 6) is -0.214. The van der Waals surface area contributed by atoms with Gasteiger partial charge in [0, 0.05) is 6.54 Å². The lowest BCUT2D eigenvalue weighted by molar-refractivity contribution is 0.247. The van der Waals surface area contributed by atoms with Crippen LogP contribution in [0.4, 0.5) is 9.18 Å². The molecule has 1 saturated heterocycles. The fourth-order valence-corrected chi connectivity index (χ4v) is 1.56. The van der Waals surface area contributed by atoms with Gasteiger partial charge in [0.25, 0.3) is 0 Å². The average Bonchev–Trinajstić information content (AvgIpc) is 2.56. The molecule has 4 heteroatoms. The van der Waals surface area contributed by atoms with Crippen molar-refractivity contribution >= 4 is 6.03 Å². The summed E-state index contributed by atoms with van der Waals surface area (Å²) in [6, 6.07) is 6.44. The van der Waals surface area contributed by atoms with Crippen LogP contribution in [0.2, 0.25) is 0 Å². The zero-order valence-corrected chi connectivity index (χ0v) is 7.59. The van der Waals surface area contributed by atoms with Gasteiger partial charge in [-0.15, -0.1) is 0 Å². The third-order valence-corrected chi connectivity index (χ3v) is 2.27. The van der Waals surface area contributed by atoms with Crippen LogP contribution in [0.1, 0.15) is 5.56 Å². The maximum absolute atomic E-state index is 13.2. The molecule has 1 aliphatic heterocycles. The van der Waals surface area contributed by atoms with E-state index in [-0.39, 0.29) is 17.9 Å². The van der Waals surface area contributed by atoms with Crippen molar-refractivity contribution in [2.45, 2.75) is 12.5 Å². The van der Waals surface area contributed by atoms with E-state index in [1.54, 1.807) is 18.2 Å². The summed E-state index contributed by atoms with van der Waals surface area (Å²) in [7, 11) is 0. The van der Waals surface area contributed by atoms with Crippen molar-refractivity contribution in [1.82, 2.24) is 10.6 Å². The Hall–Kier alpha value is -1.58. The van der Waals surface area contributed by atoms with Gasteiger partial charge >= 0.3 is 6.03 Å². The largest absolute Gasteiger partial charge is 0.336 e. The Morgan fingerprint density at radius 3 is 2.86 bits per heavy atom. The Balaban J connectivity index is 2.04. The number of rotatable bonds is 2. The first-order chi connectivity index (χ1) is 6.75. The standard InChI is InChI=1S/C10H11FN2O/c11-9-4-2-1-3-7(9)5-8-6-12-10(14)13-8/h1-4,8H,5-6H2,(H2,12,13,14). The first kappa shape index (κ1) is 8.99. The van der Waals surface area contributed by atoms with Crippen LogP contribution in [0.5, 0.6) is 0 Å². The van der Waals surface area contributed by atoms with Crippen LogP contribution in [0.15, 0.2) is 24.3 Å². The highest BCUT2D eigenvalue weighted by Gasteiger charge is 2.20. The van der Waals surface area contributed by atoms with Crippen molar-refractivity contribution in [1.29, 1.82) is 0 Å². The van der Waals surface area contributed by atoms with Gasteiger partial charge in [-0.25, -0.2) is 9.18 Å². The van der Waals surface area contributed by atoms with Gasteiger partial charge in [0.2, 0.25) is 0 Å². The average molecular weight is 194 g/mol. The van der Waals surface area contributed by atoms with E-state index in [0.717, 1.165) is 0 Å². The SMILES string of the molecule is O=C1NCC(Cc2ccccc2F)N1. The third-order valence-electron chi connectivity index (χ3n) is 2.27. The van der Waals surface area contributed by atoms with Crippen molar-refractivity contribution in [2.24, 2.45) is 0 Å². The molecule has 1 aromatic rings. The Bertz CT molecular complexity index is 354. The number of benzene rings is 1. The Kier molecular flexibility index (Phi) is 2.35. The van der Waals surface area contributed by atoms with Crippen LogP contribution in [-0.2, 0) is 6.42 Å². The minimum atomic E-state index is -0.214. The van der Waals surface area contributed by atoms with Gasteiger partial charge in [0.05, 0.1) is 6.04 Å². The second-order valence-corrected chi connectivity index (χ2v) is 3.35. The number of hydrogen-bond donors (Lipinski definition) is 2. The van der Waals surface area contributed by atoms with E-state index in [9.17, 15) is 9.18 Å². The van der Waals surface area contributed by atoms with Crippen molar-refractivity contribution in [3.8, 4) is 0 Å². The maximum Gasteiger partial charge on any atom is 0.315 e. The highest BCUT2D eigenvalue weighted by Crippen LogP contribution is 2.09. The number of carbonyl (C=O) groups is 1. The minimum absolute atomic E-state index is 0.000556. The molecule has 74 valence electrons. The summed E-state index contributed by atoms with van der Waals surface area (Å²) >= 11 is 0. The van der Waals surface area contributed by atoms with Crippen LogP contribution in [0.25, 0.3) is 0 Å². The maximum atomic E-state index is 13.2. The summed E-state index contributed by atoms with van der Waals surface area (Å²) in [5.41, 5.74) is 0.640. The molecule has 3 nitrogen and oxygen atoms in total. The molecule has 0 bridgehead atoms. The highest BCUT2D eigenvalue weighted by molar-refractivity contribution is 5.76. The Morgan fingerprint density at radius 1 is 1.43 bits per heavy atom. The topological polar surface area (TPSA) is 41.1 Å². The molecule has 1 aliphatic rings. The van der Waals surface area contributed by atoms with Gasteiger partial charge in [-0.3, -0.25) is 0 Å². The molecule has 14 heavy (non-hydrogen) atoms. The lowest BCUT2D eigenvalue weighted by Crippen LogP contribution is -2.28. The molecule has 2 N–H and O–H groups in total. The fourth-order valence-electron chi connectivity index (χ4n) is 1.56. The normalized spacial score (nSPS) is 20.4. The summed E-state index contributed by atoms with van der Waals surface area (Å²) in [6.45, 7) is 0.563. The number of urea groups is 1. The van der Waals surface area contributed by atoms with Crippen molar-refractivity contribution in [3.05, 3.63) is 35.6 Å². The van der Waals surface area contributed by atoms with Crippen molar-refractivity contribution in [3.63, 3.8) is 0 Å². The van der Waals surface area contributed by atoms with E-state index >= 15 is 0 Å². The highest BCUT2D eigenvalue weighted by atomic mass is 19.1. The molecule has 0 spiro atoms. The van der Waals surface area contributed by atoms with Crippen LogP contribution in [0, 0.1) is 5.82 Å². The van der Waals surface area contributed by atoms with E-state index in [4.69, 9.17) is 0 Å². The van der Waals surface area contributed by atoms with E-state index in [1.807, 2.05) is 0 Å². The molecule has 1 heterocycles. The van der Waals surface area contributed by atoms with Gasteiger partial charge in [0.15, 0.2) is 0 Å². The monoisotopic (exact) mass is 194 g/mol. The molecule has 1 fully saturated rings. The molecule has 0 saturated carbocycles. The van der Waals surface area contributed by atoms with Crippen LogP contribution in [0.3, 0.4) is 0 Å². The minimum Gasteiger partial charge on any atom is -0.336 e. The molecule has 0 aliphatic carbocycles. The van der Waals surface area contributed by atoms with Gasteiger partial charge in [0.1, 0.15) is 5.82 Å². The lowest BCUT2D eigenvalue weighted by atomic mass is 10.1. The smallest absolute Gasteiger partial charge is 0.315 e. The molecule has 0 radical (unpaired) electrons. The summed E-state index contributed by atoms with van der Waals surface area (Å²) in [4.78, 5) is 10.8. The van der Waals surface area contributed by atoms with Crippen LogP contribution < -0.4 is 10.6 Å². The van der Waals surface area contributed by atoms with Crippen molar-refractivity contribution < 1.29 is 9.18 Å².